The first-order valence-corrected chi connectivity index (χ1v) is 8.03. The molecule has 4 nitrogen and oxygen atoms in total. The number of nitrogens with one attached hydrogen (secondary N) is 1. The summed E-state index contributed by atoms with van der Waals surface area (Å²) in [6.45, 7) is 0. The van der Waals surface area contributed by atoms with E-state index >= 15 is 0 Å². The molecule has 25 heavy (non-hydrogen) atoms. The zero-order chi connectivity index (χ0) is 16.9. The molecule has 0 bridgehead atoms. The molecule has 7 heteroatoms. The summed E-state index contributed by atoms with van der Waals surface area (Å²) in [7, 11) is 1.62. The van der Waals surface area contributed by atoms with Crippen molar-refractivity contribution in [3.63, 3.8) is 0 Å². The van der Waals surface area contributed by atoms with Gasteiger partial charge in [0.1, 0.15) is 11.6 Å². The zero-order valence-electron chi connectivity index (χ0n) is 13.3. The molecule has 0 unspecified atom stereocenters. The van der Waals surface area contributed by atoms with Gasteiger partial charge in [0, 0.05) is 11.0 Å². The van der Waals surface area contributed by atoms with Gasteiger partial charge in [-0.3, -0.25) is 5.41 Å². The van der Waals surface area contributed by atoms with E-state index < -0.39 is 0 Å². The largest absolute Gasteiger partial charge is 0.497 e. The predicted octanol–water partition coefficient (Wildman–Crippen LogP) is 5.93. The van der Waals surface area contributed by atoms with Gasteiger partial charge in [-0.2, -0.15) is 0 Å². The van der Waals surface area contributed by atoms with E-state index in [-0.39, 0.29) is 28.6 Å². The number of rotatable bonds is 3. The highest BCUT2D eigenvalue weighted by Crippen LogP contribution is 2.31. The van der Waals surface area contributed by atoms with Crippen LogP contribution in [0.25, 0.3) is 11.8 Å². The highest BCUT2D eigenvalue weighted by Gasteiger charge is 2.11. The third kappa shape index (κ3) is 4.87. The summed E-state index contributed by atoms with van der Waals surface area (Å²) in [5.74, 6) is 0.563. The Bertz CT molecular complexity index is 846. The minimum Gasteiger partial charge on any atom is -0.497 e. The van der Waals surface area contributed by atoms with E-state index in [1.165, 1.54) is 23.9 Å². The van der Waals surface area contributed by atoms with Crippen molar-refractivity contribution in [3.05, 3.63) is 75.8 Å². The summed E-state index contributed by atoms with van der Waals surface area (Å²) in [5, 5.41) is 17.9. The minimum absolute atomic E-state index is 0. The predicted molar refractivity (Wildman–Crippen MR) is 106 cm³/mol. The molecule has 1 N–H and O–H groups in total. The first kappa shape index (κ1) is 19.1. The highest BCUT2D eigenvalue weighted by molar-refractivity contribution is 8.93. The lowest BCUT2D eigenvalue weighted by Gasteiger charge is -2.02. The van der Waals surface area contributed by atoms with E-state index in [1.54, 1.807) is 19.2 Å². The standard InChI is InChI=1S/C18H14FN3OS.BrH/c1-23-15-8-2-12(3-9-15)10-17-18(20)22-21-16(11-24-17)13-4-6-14(19)7-5-13;/h2-11,20H,1H3;1H/b17-10-,20-18?;. The van der Waals surface area contributed by atoms with Crippen molar-refractivity contribution in [1.29, 1.82) is 5.41 Å². The number of azo groups is 1. The maximum absolute atomic E-state index is 13.0. The number of ether oxygens (including phenoxy) is 1. The second-order valence-electron chi connectivity index (χ2n) is 4.96. The molecule has 1 heterocycles. The molecule has 128 valence electrons. The van der Waals surface area contributed by atoms with Gasteiger partial charge in [-0.1, -0.05) is 23.9 Å². The number of thioether (sulfide) groups is 1. The molecule has 1 aliphatic rings. The van der Waals surface area contributed by atoms with Gasteiger partial charge < -0.3 is 4.74 Å². The second kappa shape index (κ2) is 8.73. The third-order valence-electron chi connectivity index (χ3n) is 3.34. The van der Waals surface area contributed by atoms with Gasteiger partial charge in [0.15, 0.2) is 5.84 Å². The molecule has 0 fully saturated rings. The van der Waals surface area contributed by atoms with Crippen LogP contribution in [0.5, 0.6) is 5.75 Å². The molecule has 3 rings (SSSR count). The van der Waals surface area contributed by atoms with Crippen molar-refractivity contribution in [2.45, 2.75) is 0 Å². The maximum Gasteiger partial charge on any atom is 0.181 e. The molecule has 0 radical (unpaired) electrons. The smallest absolute Gasteiger partial charge is 0.181 e. The Kier molecular flexibility index (Phi) is 6.66. The normalized spacial score (nSPS) is 15.4. The summed E-state index contributed by atoms with van der Waals surface area (Å²) in [4.78, 5) is 0.682. The number of hydrogen-bond acceptors (Lipinski definition) is 4. The Morgan fingerprint density at radius 1 is 1.04 bits per heavy atom. The summed E-state index contributed by atoms with van der Waals surface area (Å²) in [6.07, 6.45) is 1.87. The molecule has 2 aromatic carbocycles. The van der Waals surface area contributed by atoms with Crippen LogP contribution in [0.1, 0.15) is 11.1 Å². The Balaban J connectivity index is 0.00000225. The monoisotopic (exact) mass is 419 g/mol. The van der Waals surface area contributed by atoms with Gasteiger partial charge in [-0.15, -0.1) is 27.2 Å². The molecule has 0 spiro atoms. The lowest BCUT2D eigenvalue weighted by Crippen LogP contribution is -1.91. The first-order valence-electron chi connectivity index (χ1n) is 7.15. The minimum atomic E-state index is -0.301. The third-order valence-corrected chi connectivity index (χ3v) is 4.25. The fourth-order valence-electron chi connectivity index (χ4n) is 2.05. The van der Waals surface area contributed by atoms with E-state index in [4.69, 9.17) is 10.1 Å². The van der Waals surface area contributed by atoms with Crippen molar-refractivity contribution < 1.29 is 9.13 Å². The number of methoxy groups -OCH3 is 1. The molecule has 0 saturated carbocycles. The maximum atomic E-state index is 13.0. The van der Waals surface area contributed by atoms with Gasteiger partial charge in [-0.25, -0.2) is 4.39 Å². The van der Waals surface area contributed by atoms with Crippen LogP contribution in [-0.2, 0) is 0 Å². The van der Waals surface area contributed by atoms with E-state index in [1.807, 2.05) is 35.7 Å². The number of hydrogen-bond donors (Lipinski definition) is 1. The van der Waals surface area contributed by atoms with Crippen molar-refractivity contribution in [1.82, 2.24) is 0 Å². The molecule has 2 aromatic rings. The van der Waals surface area contributed by atoms with Crippen molar-refractivity contribution >= 4 is 46.4 Å². The number of benzene rings is 2. The van der Waals surface area contributed by atoms with Crippen molar-refractivity contribution in [3.8, 4) is 5.75 Å². The molecular formula is C18H15BrFN3OS. The Labute approximate surface area is 159 Å². The summed E-state index contributed by atoms with van der Waals surface area (Å²) in [5.41, 5.74) is 2.30. The van der Waals surface area contributed by atoms with E-state index in [2.05, 4.69) is 10.2 Å². The lowest BCUT2D eigenvalue weighted by molar-refractivity contribution is 0.415. The Morgan fingerprint density at radius 3 is 2.36 bits per heavy atom. The van der Waals surface area contributed by atoms with Crippen molar-refractivity contribution in [2.24, 2.45) is 10.2 Å². The second-order valence-corrected chi connectivity index (χ2v) is 5.87. The fraction of sp³-hybridized carbons (Fsp3) is 0.0556. The van der Waals surface area contributed by atoms with Gasteiger partial charge in [0.25, 0.3) is 0 Å². The summed E-state index contributed by atoms with van der Waals surface area (Å²) >= 11 is 1.37. The van der Waals surface area contributed by atoms with Crippen LogP contribution >= 0.6 is 28.7 Å². The molecule has 0 amide bonds. The zero-order valence-corrected chi connectivity index (χ0v) is 15.8. The van der Waals surface area contributed by atoms with Crippen LogP contribution in [-0.4, -0.2) is 12.9 Å². The molecule has 0 saturated heterocycles. The molecular weight excluding hydrogens is 405 g/mol. The average molecular weight is 420 g/mol. The SMILES string of the molecule is Br.COc1ccc(/C=C2\SC=C(c3ccc(F)cc3)N=NC2=N)cc1. The van der Waals surface area contributed by atoms with E-state index in [9.17, 15) is 4.39 Å². The lowest BCUT2D eigenvalue weighted by atomic mass is 10.2. The average Bonchev–Trinajstić information content (AvgIpc) is 2.79. The Morgan fingerprint density at radius 2 is 1.72 bits per heavy atom. The van der Waals surface area contributed by atoms with Gasteiger partial charge in [0.2, 0.25) is 0 Å². The van der Waals surface area contributed by atoms with Crippen LogP contribution in [0, 0.1) is 11.2 Å². The van der Waals surface area contributed by atoms with E-state index in [0.717, 1.165) is 16.9 Å². The molecule has 0 aromatic heterocycles. The van der Waals surface area contributed by atoms with Crippen LogP contribution < -0.4 is 4.74 Å². The van der Waals surface area contributed by atoms with Crippen LogP contribution in [0.15, 0.2) is 69.1 Å². The Hall–Kier alpha value is -2.25. The summed E-state index contributed by atoms with van der Waals surface area (Å²) in [6, 6.07) is 13.6. The van der Waals surface area contributed by atoms with Crippen molar-refractivity contribution in [2.75, 3.05) is 7.11 Å². The van der Waals surface area contributed by atoms with Gasteiger partial charge in [0.05, 0.1) is 17.7 Å². The molecule has 0 atom stereocenters. The number of nitrogens with zero attached hydrogens (tertiary/aromatic N) is 2. The van der Waals surface area contributed by atoms with Gasteiger partial charge in [-0.05, 0) is 48.0 Å². The van der Waals surface area contributed by atoms with Crippen LogP contribution in [0.4, 0.5) is 4.39 Å². The molecule has 1 aliphatic heterocycles. The topological polar surface area (TPSA) is 57.8 Å². The number of amidine groups is 1. The molecule has 0 aliphatic carbocycles. The number of halogens is 2. The quantitative estimate of drug-likeness (QED) is 0.669. The fourth-order valence-corrected chi connectivity index (χ4v) is 2.83. The first-order chi connectivity index (χ1) is 11.7. The van der Waals surface area contributed by atoms with Crippen LogP contribution in [0.2, 0.25) is 0 Å². The van der Waals surface area contributed by atoms with E-state index in [0.29, 0.717) is 10.6 Å². The summed E-state index contributed by atoms with van der Waals surface area (Å²) < 4.78 is 18.2. The highest BCUT2D eigenvalue weighted by atomic mass is 79.9. The van der Waals surface area contributed by atoms with Crippen LogP contribution in [0.3, 0.4) is 0 Å². The van der Waals surface area contributed by atoms with Gasteiger partial charge >= 0.3 is 0 Å².